The summed E-state index contributed by atoms with van der Waals surface area (Å²) in [6, 6.07) is 14.5. The molecular formula is C25H21ClFN5O5. The van der Waals surface area contributed by atoms with Gasteiger partial charge in [-0.15, -0.1) is 0 Å². The van der Waals surface area contributed by atoms with Gasteiger partial charge in [-0.25, -0.2) is 19.1 Å². The van der Waals surface area contributed by atoms with Crippen molar-refractivity contribution in [1.29, 1.82) is 0 Å². The molecule has 0 saturated carbocycles. The van der Waals surface area contributed by atoms with Crippen molar-refractivity contribution >= 4 is 29.2 Å². The normalized spacial score (nSPS) is 10.8. The summed E-state index contributed by atoms with van der Waals surface area (Å²) >= 11 is 5.96. The molecule has 2 N–H and O–H groups in total. The molecule has 0 spiro atoms. The number of aliphatic carboxylic acids is 1. The van der Waals surface area contributed by atoms with E-state index in [1.165, 1.54) is 16.8 Å². The molecule has 0 radical (unpaired) electrons. The minimum atomic E-state index is -1.15. The van der Waals surface area contributed by atoms with Crippen LogP contribution in [0, 0.1) is 12.9 Å². The molecule has 2 aromatic carbocycles. The molecule has 0 aliphatic rings. The number of aryl methyl sites for hydroxylation is 1. The molecule has 2 heterocycles. The Morgan fingerprint density at radius 3 is 2.54 bits per heavy atom. The average Bonchev–Trinajstić information content (AvgIpc) is 2.84. The van der Waals surface area contributed by atoms with Crippen molar-refractivity contribution in [3.63, 3.8) is 0 Å². The van der Waals surface area contributed by atoms with Crippen LogP contribution in [-0.2, 0) is 17.9 Å². The Labute approximate surface area is 214 Å². The Hall–Kier alpha value is -4.51. The molecule has 4 rings (SSSR count). The van der Waals surface area contributed by atoms with E-state index < -0.39 is 29.7 Å². The number of halogens is 2. The lowest BCUT2D eigenvalue weighted by Crippen LogP contribution is -2.43. The highest BCUT2D eigenvalue weighted by Crippen LogP contribution is 2.28. The molecule has 0 aliphatic heterocycles. The number of carboxylic acid groups (broad SMARTS) is 1. The molecule has 4 aromatic rings. The second-order valence-electron chi connectivity index (χ2n) is 8.03. The fourth-order valence-corrected chi connectivity index (χ4v) is 3.61. The highest BCUT2D eigenvalue weighted by Gasteiger charge is 2.16. The molecule has 0 atom stereocenters. The molecule has 10 nitrogen and oxygen atoms in total. The molecule has 190 valence electrons. The first-order valence-corrected chi connectivity index (χ1v) is 11.4. The number of pyridine rings is 1. The number of nitrogens with zero attached hydrogens (tertiary/aromatic N) is 4. The number of ether oxygens (including phenoxy) is 1. The van der Waals surface area contributed by atoms with E-state index in [2.05, 4.69) is 15.3 Å². The Morgan fingerprint density at radius 2 is 1.86 bits per heavy atom. The van der Waals surface area contributed by atoms with Gasteiger partial charge in [-0.05, 0) is 54.4 Å². The van der Waals surface area contributed by atoms with Crippen LogP contribution >= 0.6 is 11.6 Å². The summed E-state index contributed by atoms with van der Waals surface area (Å²) in [6.45, 7) is 1.50. The lowest BCUT2D eigenvalue weighted by Gasteiger charge is -2.16. The lowest BCUT2D eigenvalue weighted by atomic mass is 10.2. The van der Waals surface area contributed by atoms with E-state index in [0.29, 0.717) is 27.6 Å². The summed E-state index contributed by atoms with van der Waals surface area (Å²) in [5.41, 5.74) is 0.311. The van der Waals surface area contributed by atoms with Crippen LogP contribution in [0.4, 0.5) is 16.0 Å². The van der Waals surface area contributed by atoms with E-state index in [4.69, 9.17) is 21.4 Å². The first-order chi connectivity index (χ1) is 17.7. The molecule has 37 heavy (non-hydrogen) atoms. The number of aromatic nitrogens is 4. The number of nitrogens with one attached hydrogen (secondary N) is 1. The molecule has 12 heteroatoms. The molecule has 0 aliphatic carbocycles. The average molecular weight is 526 g/mol. The van der Waals surface area contributed by atoms with Gasteiger partial charge in [-0.3, -0.25) is 9.36 Å². The second kappa shape index (κ2) is 11.0. The van der Waals surface area contributed by atoms with Gasteiger partial charge in [0.15, 0.2) is 0 Å². The first kappa shape index (κ1) is 25.6. The zero-order chi connectivity index (χ0) is 26.5. The van der Waals surface area contributed by atoms with Crippen molar-refractivity contribution in [1.82, 2.24) is 19.1 Å². The highest BCUT2D eigenvalue weighted by molar-refractivity contribution is 6.30. The highest BCUT2D eigenvalue weighted by atomic mass is 35.5. The van der Waals surface area contributed by atoms with Crippen LogP contribution in [0.5, 0.6) is 11.5 Å². The third kappa shape index (κ3) is 6.39. The van der Waals surface area contributed by atoms with Crippen LogP contribution < -0.4 is 21.4 Å². The van der Waals surface area contributed by atoms with Crippen molar-refractivity contribution in [2.24, 2.45) is 0 Å². The van der Waals surface area contributed by atoms with Gasteiger partial charge in [0.1, 0.15) is 11.5 Å². The van der Waals surface area contributed by atoms with Gasteiger partial charge in [-0.2, -0.15) is 9.37 Å². The Balaban J connectivity index is 1.67. The second-order valence-corrected chi connectivity index (χ2v) is 8.47. The SMILES string of the molecule is Cc1cc(Nc2nc(=O)n(CCC(=O)O)c(=O)n2Cc2ccc(Cl)cc2)ccc1Oc1ccnc(F)c1. The molecule has 0 unspecified atom stereocenters. The Morgan fingerprint density at radius 1 is 1.11 bits per heavy atom. The molecular weight excluding hydrogens is 505 g/mol. The summed E-state index contributed by atoms with van der Waals surface area (Å²) in [5.74, 6) is -1.10. The molecule has 0 fully saturated rings. The maximum absolute atomic E-state index is 13.4. The smallest absolute Gasteiger partial charge is 0.354 e. The summed E-state index contributed by atoms with van der Waals surface area (Å²) in [5, 5.41) is 12.5. The summed E-state index contributed by atoms with van der Waals surface area (Å²) in [7, 11) is 0. The monoisotopic (exact) mass is 525 g/mol. The van der Waals surface area contributed by atoms with E-state index >= 15 is 0 Å². The summed E-state index contributed by atoms with van der Waals surface area (Å²) in [6.07, 6.45) is 0.882. The minimum Gasteiger partial charge on any atom is -0.481 e. The van der Waals surface area contributed by atoms with E-state index in [9.17, 15) is 18.8 Å². The molecule has 0 saturated heterocycles. The van der Waals surface area contributed by atoms with E-state index in [1.54, 1.807) is 49.4 Å². The van der Waals surface area contributed by atoms with Crippen molar-refractivity contribution in [2.45, 2.75) is 26.4 Å². The molecule has 2 aromatic heterocycles. The van der Waals surface area contributed by atoms with Gasteiger partial charge < -0.3 is 15.2 Å². The third-order valence-electron chi connectivity index (χ3n) is 5.31. The predicted molar refractivity (Wildman–Crippen MR) is 134 cm³/mol. The van der Waals surface area contributed by atoms with Gasteiger partial charge in [0.2, 0.25) is 11.9 Å². The summed E-state index contributed by atoms with van der Waals surface area (Å²) in [4.78, 5) is 44.3. The van der Waals surface area contributed by atoms with Crippen molar-refractivity contribution in [3.8, 4) is 11.5 Å². The Kier molecular flexibility index (Phi) is 7.63. The van der Waals surface area contributed by atoms with Crippen molar-refractivity contribution in [2.75, 3.05) is 5.32 Å². The summed E-state index contributed by atoms with van der Waals surface area (Å²) < 4.78 is 21.1. The van der Waals surface area contributed by atoms with Crippen LogP contribution in [0.3, 0.4) is 0 Å². The minimum absolute atomic E-state index is 0.0270. The van der Waals surface area contributed by atoms with Crippen molar-refractivity contribution in [3.05, 3.63) is 104 Å². The molecule has 0 bridgehead atoms. The number of anilines is 2. The van der Waals surface area contributed by atoms with Crippen LogP contribution in [0.1, 0.15) is 17.5 Å². The topological polar surface area (TPSA) is 128 Å². The number of carboxylic acids is 1. The van der Waals surface area contributed by atoms with Crippen LogP contribution in [0.15, 0.2) is 70.4 Å². The van der Waals surface area contributed by atoms with Gasteiger partial charge in [0.25, 0.3) is 0 Å². The maximum atomic E-state index is 13.4. The van der Waals surface area contributed by atoms with Crippen LogP contribution in [0.25, 0.3) is 0 Å². The number of carbonyl (C=O) groups is 1. The Bertz CT molecular complexity index is 1570. The number of benzene rings is 2. The standard InChI is InChI=1S/C25H21ClFN5O5/c1-15-12-18(6-7-20(15)37-19-8-10-28-21(27)13-19)29-23-30-24(35)31(11-9-22(33)34)25(36)32(23)14-16-2-4-17(26)5-3-16/h2-8,10,12-13H,9,11,14H2,1H3,(H,33,34)(H,29,30,35). The predicted octanol–water partition coefficient (Wildman–Crippen LogP) is 3.96. The third-order valence-corrected chi connectivity index (χ3v) is 5.56. The van der Waals surface area contributed by atoms with Crippen molar-refractivity contribution < 1.29 is 19.0 Å². The van der Waals surface area contributed by atoms with E-state index in [0.717, 1.165) is 10.6 Å². The van der Waals surface area contributed by atoms with Crippen LogP contribution in [0.2, 0.25) is 5.02 Å². The number of hydrogen-bond donors (Lipinski definition) is 2. The first-order valence-electron chi connectivity index (χ1n) is 11.0. The zero-order valence-corrected chi connectivity index (χ0v) is 20.3. The number of rotatable bonds is 9. The maximum Gasteiger partial charge on any atom is 0.354 e. The number of hydrogen-bond acceptors (Lipinski definition) is 7. The van der Waals surface area contributed by atoms with Gasteiger partial charge in [-0.1, -0.05) is 23.7 Å². The quantitative estimate of drug-likeness (QED) is 0.314. The fraction of sp³-hybridized carbons (Fsp3) is 0.160. The van der Waals surface area contributed by atoms with Gasteiger partial charge >= 0.3 is 17.3 Å². The largest absolute Gasteiger partial charge is 0.481 e. The van der Waals surface area contributed by atoms with E-state index in [1.807, 2.05) is 0 Å². The van der Waals surface area contributed by atoms with Gasteiger partial charge in [0, 0.05) is 29.5 Å². The zero-order valence-electron chi connectivity index (χ0n) is 19.5. The van der Waals surface area contributed by atoms with Crippen LogP contribution in [-0.4, -0.2) is 30.2 Å². The fourth-order valence-electron chi connectivity index (χ4n) is 3.48. The van der Waals surface area contributed by atoms with Gasteiger partial charge in [0.05, 0.1) is 13.0 Å². The molecule has 0 amide bonds. The van der Waals surface area contributed by atoms with E-state index in [-0.39, 0.29) is 24.8 Å². The lowest BCUT2D eigenvalue weighted by molar-refractivity contribution is -0.137.